The first-order chi connectivity index (χ1) is 13.2. The Hall–Kier alpha value is -2.95. The van der Waals surface area contributed by atoms with Crippen molar-refractivity contribution in [3.05, 3.63) is 59.8 Å². The van der Waals surface area contributed by atoms with Gasteiger partial charge in [-0.15, -0.1) is 0 Å². The van der Waals surface area contributed by atoms with Crippen molar-refractivity contribution in [2.75, 3.05) is 19.8 Å². The van der Waals surface area contributed by atoms with Crippen molar-refractivity contribution in [2.24, 2.45) is 0 Å². The third-order valence-electron chi connectivity index (χ3n) is 5.05. The first-order valence-electron chi connectivity index (χ1n) is 9.37. The molecular formula is C22H24N2O3. The number of hydrogen-bond acceptors (Lipinski definition) is 3. The average molecular weight is 364 g/mol. The second-order valence-corrected chi connectivity index (χ2v) is 6.78. The molecular weight excluding hydrogens is 340 g/mol. The van der Waals surface area contributed by atoms with Gasteiger partial charge in [-0.2, -0.15) is 0 Å². The van der Waals surface area contributed by atoms with E-state index in [4.69, 9.17) is 9.47 Å². The summed E-state index contributed by atoms with van der Waals surface area (Å²) in [4.78, 5) is 14.9. The molecule has 0 N–H and O–H groups in total. The van der Waals surface area contributed by atoms with Crippen LogP contribution in [-0.2, 0) is 17.9 Å². The second-order valence-electron chi connectivity index (χ2n) is 6.78. The maximum atomic E-state index is 13.0. The summed E-state index contributed by atoms with van der Waals surface area (Å²) >= 11 is 0. The minimum Gasteiger partial charge on any atom is -0.486 e. The van der Waals surface area contributed by atoms with Gasteiger partial charge in [0.05, 0.1) is 0 Å². The van der Waals surface area contributed by atoms with Crippen molar-refractivity contribution in [1.82, 2.24) is 9.47 Å². The summed E-state index contributed by atoms with van der Waals surface area (Å²) in [6.07, 6.45) is 0. The van der Waals surface area contributed by atoms with Gasteiger partial charge in [0.15, 0.2) is 11.5 Å². The van der Waals surface area contributed by atoms with Crippen LogP contribution >= 0.6 is 0 Å². The van der Waals surface area contributed by atoms with Gasteiger partial charge < -0.3 is 18.9 Å². The maximum Gasteiger partial charge on any atom is 0.242 e. The van der Waals surface area contributed by atoms with E-state index < -0.39 is 0 Å². The summed E-state index contributed by atoms with van der Waals surface area (Å²) in [5, 5.41) is 1.16. The largest absolute Gasteiger partial charge is 0.486 e. The lowest BCUT2D eigenvalue weighted by Gasteiger charge is -2.26. The number of carbonyl (C=O) groups is 1. The maximum absolute atomic E-state index is 13.0. The van der Waals surface area contributed by atoms with Gasteiger partial charge in [0.2, 0.25) is 5.91 Å². The Bertz CT molecular complexity index is 977. The van der Waals surface area contributed by atoms with Gasteiger partial charge in [0, 0.05) is 29.9 Å². The zero-order chi connectivity index (χ0) is 18.8. The third-order valence-corrected chi connectivity index (χ3v) is 5.05. The molecule has 0 atom stereocenters. The van der Waals surface area contributed by atoms with Gasteiger partial charge >= 0.3 is 0 Å². The third kappa shape index (κ3) is 3.37. The molecule has 5 nitrogen and oxygen atoms in total. The topological polar surface area (TPSA) is 43.7 Å². The lowest BCUT2D eigenvalue weighted by atomic mass is 10.1. The van der Waals surface area contributed by atoms with Crippen LogP contribution < -0.4 is 9.47 Å². The number of rotatable bonds is 5. The van der Waals surface area contributed by atoms with E-state index in [9.17, 15) is 4.79 Å². The molecule has 0 saturated heterocycles. The number of carbonyl (C=O) groups excluding carboxylic acids is 1. The first kappa shape index (κ1) is 17.5. The molecule has 0 radical (unpaired) electrons. The summed E-state index contributed by atoms with van der Waals surface area (Å²) in [7, 11) is 0. The van der Waals surface area contributed by atoms with Gasteiger partial charge in [-0.05, 0) is 37.4 Å². The molecule has 0 spiro atoms. The van der Waals surface area contributed by atoms with Gasteiger partial charge in [0.25, 0.3) is 0 Å². The van der Waals surface area contributed by atoms with Crippen LogP contribution in [0.5, 0.6) is 11.5 Å². The van der Waals surface area contributed by atoms with Crippen LogP contribution in [0, 0.1) is 6.92 Å². The number of benzene rings is 2. The summed E-state index contributed by atoms with van der Waals surface area (Å²) in [6, 6.07) is 16.1. The zero-order valence-corrected chi connectivity index (χ0v) is 15.8. The Labute approximate surface area is 159 Å². The molecule has 0 saturated carbocycles. The van der Waals surface area contributed by atoms with E-state index in [1.807, 2.05) is 49.1 Å². The van der Waals surface area contributed by atoms with Crippen molar-refractivity contribution in [3.63, 3.8) is 0 Å². The Morgan fingerprint density at radius 3 is 2.78 bits per heavy atom. The van der Waals surface area contributed by atoms with Crippen LogP contribution in [0.1, 0.15) is 18.2 Å². The number of fused-ring (bicyclic) bond motifs is 2. The Morgan fingerprint density at radius 2 is 1.93 bits per heavy atom. The Balaban J connectivity index is 1.56. The lowest BCUT2D eigenvalue weighted by Crippen LogP contribution is -2.33. The Morgan fingerprint density at radius 1 is 1.11 bits per heavy atom. The van der Waals surface area contributed by atoms with E-state index in [0.29, 0.717) is 32.8 Å². The number of amides is 1. The zero-order valence-electron chi connectivity index (χ0n) is 15.8. The molecule has 3 aromatic rings. The molecule has 1 aliphatic heterocycles. The highest BCUT2D eigenvalue weighted by molar-refractivity contribution is 5.84. The average Bonchev–Trinajstić information content (AvgIpc) is 3.01. The molecule has 1 aliphatic rings. The monoisotopic (exact) mass is 364 g/mol. The number of nitrogens with zero attached hydrogens (tertiary/aromatic N) is 2. The molecule has 0 fully saturated rings. The SMILES string of the molecule is CCN(Cc1cccc2c1OCCO2)C(=O)Cn1c(C)cc2ccccc21. The summed E-state index contributed by atoms with van der Waals surface area (Å²) in [5.74, 6) is 1.61. The fourth-order valence-electron chi connectivity index (χ4n) is 3.63. The van der Waals surface area contributed by atoms with E-state index in [1.165, 1.54) is 0 Å². The van der Waals surface area contributed by atoms with Crippen LogP contribution in [0.4, 0.5) is 0 Å². The molecule has 1 amide bonds. The molecule has 0 bridgehead atoms. The summed E-state index contributed by atoms with van der Waals surface area (Å²) < 4.78 is 13.5. The molecule has 0 aliphatic carbocycles. The highest BCUT2D eigenvalue weighted by Gasteiger charge is 2.20. The molecule has 140 valence electrons. The molecule has 0 unspecified atom stereocenters. The van der Waals surface area contributed by atoms with Gasteiger partial charge in [-0.25, -0.2) is 0 Å². The minimum absolute atomic E-state index is 0.0938. The quantitative estimate of drug-likeness (QED) is 0.692. The molecule has 5 heteroatoms. The lowest BCUT2D eigenvalue weighted by molar-refractivity contribution is -0.132. The van der Waals surface area contributed by atoms with Gasteiger partial charge in [-0.3, -0.25) is 4.79 Å². The van der Waals surface area contributed by atoms with Crippen molar-refractivity contribution >= 4 is 16.8 Å². The van der Waals surface area contributed by atoms with E-state index in [2.05, 4.69) is 22.8 Å². The highest BCUT2D eigenvalue weighted by Crippen LogP contribution is 2.34. The predicted molar refractivity (Wildman–Crippen MR) is 105 cm³/mol. The van der Waals surface area contributed by atoms with E-state index >= 15 is 0 Å². The molecule has 2 aromatic carbocycles. The highest BCUT2D eigenvalue weighted by atomic mass is 16.6. The predicted octanol–water partition coefficient (Wildman–Crippen LogP) is 3.77. The number of para-hydroxylation sites is 2. The fraction of sp³-hybridized carbons (Fsp3) is 0.318. The van der Waals surface area contributed by atoms with Crippen LogP contribution in [0.3, 0.4) is 0 Å². The normalized spacial score (nSPS) is 13.0. The van der Waals surface area contributed by atoms with Crippen molar-refractivity contribution in [1.29, 1.82) is 0 Å². The van der Waals surface area contributed by atoms with Crippen LogP contribution in [-0.4, -0.2) is 35.1 Å². The van der Waals surface area contributed by atoms with Gasteiger partial charge in [0.1, 0.15) is 19.8 Å². The van der Waals surface area contributed by atoms with Crippen LogP contribution in [0.25, 0.3) is 10.9 Å². The van der Waals surface area contributed by atoms with Crippen LogP contribution in [0.15, 0.2) is 48.5 Å². The van der Waals surface area contributed by atoms with Gasteiger partial charge in [-0.1, -0.05) is 30.3 Å². The number of hydrogen-bond donors (Lipinski definition) is 0. The molecule has 1 aromatic heterocycles. The van der Waals surface area contributed by atoms with Crippen LogP contribution in [0.2, 0.25) is 0 Å². The van der Waals surface area contributed by atoms with Crippen molar-refractivity contribution < 1.29 is 14.3 Å². The fourth-order valence-corrected chi connectivity index (χ4v) is 3.63. The molecule has 4 rings (SSSR count). The van der Waals surface area contributed by atoms with E-state index in [-0.39, 0.29) is 5.91 Å². The first-order valence-corrected chi connectivity index (χ1v) is 9.37. The number of aryl methyl sites for hydroxylation is 1. The molecule has 2 heterocycles. The molecule has 27 heavy (non-hydrogen) atoms. The number of ether oxygens (including phenoxy) is 2. The summed E-state index contributed by atoms with van der Waals surface area (Å²) in [5.41, 5.74) is 3.17. The van der Waals surface area contributed by atoms with E-state index in [0.717, 1.165) is 33.7 Å². The second kappa shape index (κ2) is 7.35. The van der Waals surface area contributed by atoms with E-state index in [1.54, 1.807) is 0 Å². The number of aromatic nitrogens is 1. The smallest absolute Gasteiger partial charge is 0.242 e. The van der Waals surface area contributed by atoms with Crippen molar-refractivity contribution in [2.45, 2.75) is 26.9 Å². The number of likely N-dealkylation sites (N-methyl/N-ethyl adjacent to an activating group) is 1. The van der Waals surface area contributed by atoms with Crippen molar-refractivity contribution in [3.8, 4) is 11.5 Å². The standard InChI is InChI=1S/C22H24N2O3/c1-3-23(14-18-8-6-10-20-22(18)27-12-11-26-20)21(25)15-24-16(2)13-17-7-4-5-9-19(17)24/h4-10,13H,3,11-12,14-15H2,1-2H3. The Kier molecular flexibility index (Phi) is 4.75. The summed E-state index contributed by atoms with van der Waals surface area (Å²) in [6.45, 7) is 6.64. The minimum atomic E-state index is 0.0938.